The number of amides is 2. The van der Waals surface area contributed by atoms with Crippen molar-refractivity contribution in [3.05, 3.63) is 60.2 Å². The summed E-state index contributed by atoms with van der Waals surface area (Å²) in [5.74, 6) is -0.113. The maximum atomic E-state index is 12.9. The fraction of sp³-hybridized carbons (Fsp3) is 0.350. The first-order valence-electron chi connectivity index (χ1n) is 8.94. The molecule has 0 unspecified atom stereocenters. The van der Waals surface area contributed by atoms with Crippen molar-refractivity contribution >= 4 is 11.8 Å². The Morgan fingerprint density at radius 2 is 1.93 bits per heavy atom. The number of likely N-dealkylation sites (tertiary alicyclic amines) is 1. The summed E-state index contributed by atoms with van der Waals surface area (Å²) in [7, 11) is 0. The van der Waals surface area contributed by atoms with Gasteiger partial charge in [0.2, 0.25) is 5.91 Å². The monoisotopic (exact) mass is 371 g/mol. The van der Waals surface area contributed by atoms with Gasteiger partial charge in [-0.15, -0.1) is 0 Å². The number of benzene rings is 1. The van der Waals surface area contributed by atoms with Crippen LogP contribution in [0.1, 0.15) is 18.4 Å². The van der Waals surface area contributed by atoms with E-state index >= 15 is 0 Å². The van der Waals surface area contributed by atoms with Crippen LogP contribution >= 0.6 is 0 Å². The van der Waals surface area contributed by atoms with E-state index in [4.69, 9.17) is 4.74 Å². The largest absolute Gasteiger partial charge is 0.484 e. The number of nitrogens with zero attached hydrogens (tertiary/aromatic N) is 2. The zero-order valence-electron chi connectivity index (χ0n) is 14.9. The number of carbonyl (C=O) groups is 2. The standard InChI is InChI=1S/C20H22FN3O3/c21-17-3-5-18(6-4-17)27-14-19(25)24-10-7-16(8-11-24)20(26)23-13-15-2-1-9-22-12-15/h1-6,9,12,16H,7-8,10-11,13-14H2,(H,23,26). The summed E-state index contributed by atoms with van der Waals surface area (Å²) in [5.41, 5.74) is 0.955. The van der Waals surface area contributed by atoms with E-state index in [0.717, 1.165) is 5.56 Å². The Balaban J connectivity index is 1.39. The van der Waals surface area contributed by atoms with E-state index in [2.05, 4.69) is 10.3 Å². The molecule has 0 spiro atoms. The smallest absolute Gasteiger partial charge is 0.260 e. The topological polar surface area (TPSA) is 71.5 Å². The molecule has 1 fully saturated rings. The van der Waals surface area contributed by atoms with Gasteiger partial charge in [0.25, 0.3) is 5.91 Å². The molecule has 1 saturated heterocycles. The first-order chi connectivity index (χ1) is 13.1. The van der Waals surface area contributed by atoms with Gasteiger partial charge in [0.1, 0.15) is 11.6 Å². The molecule has 2 amide bonds. The van der Waals surface area contributed by atoms with Gasteiger partial charge in [0.15, 0.2) is 6.61 Å². The number of hydrogen-bond acceptors (Lipinski definition) is 4. The molecular weight excluding hydrogens is 349 g/mol. The third-order valence-electron chi connectivity index (χ3n) is 4.58. The van der Waals surface area contributed by atoms with E-state index in [-0.39, 0.29) is 30.2 Å². The van der Waals surface area contributed by atoms with Gasteiger partial charge < -0.3 is 15.0 Å². The summed E-state index contributed by atoms with van der Waals surface area (Å²) in [6.45, 7) is 1.41. The van der Waals surface area contributed by atoms with Crippen molar-refractivity contribution in [1.29, 1.82) is 0 Å². The number of hydrogen-bond donors (Lipinski definition) is 1. The molecule has 1 aliphatic heterocycles. The second kappa shape index (κ2) is 9.12. The molecule has 0 atom stereocenters. The third-order valence-corrected chi connectivity index (χ3v) is 4.58. The molecule has 0 radical (unpaired) electrons. The van der Waals surface area contributed by atoms with Crippen molar-refractivity contribution in [2.45, 2.75) is 19.4 Å². The SMILES string of the molecule is O=C(NCc1cccnc1)C1CCN(C(=O)COc2ccc(F)cc2)CC1. The Morgan fingerprint density at radius 3 is 2.59 bits per heavy atom. The lowest BCUT2D eigenvalue weighted by Gasteiger charge is -2.31. The van der Waals surface area contributed by atoms with E-state index < -0.39 is 0 Å². The third kappa shape index (κ3) is 5.51. The second-order valence-electron chi connectivity index (χ2n) is 6.48. The zero-order chi connectivity index (χ0) is 19.1. The summed E-state index contributed by atoms with van der Waals surface area (Å²) in [6.07, 6.45) is 4.67. The zero-order valence-corrected chi connectivity index (χ0v) is 14.9. The average Bonchev–Trinajstić information content (AvgIpc) is 2.72. The van der Waals surface area contributed by atoms with Crippen LogP contribution < -0.4 is 10.1 Å². The average molecular weight is 371 g/mol. The highest BCUT2D eigenvalue weighted by molar-refractivity contribution is 5.80. The maximum Gasteiger partial charge on any atom is 0.260 e. The number of piperidine rings is 1. The highest BCUT2D eigenvalue weighted by Gasteiger charge is 2.27. The van der Waals surface area contributed by atoms with E-state index in [1.54, 1.807) is 17.3 Å². The van der Waals surface area contributed by atoms with Crippen LogP contribution in [0, 0.1) is 11.7 Å². The lowest BCUT2D eigenvalue weighted by Crippen LogP contribution is -2.44. The molecule has 1 N–H and O–H groups in total. The van der Waals surface area contributed by atoms with Crippen molar-refractivity contribution < 1.29 is 18.7 Å². The molecule has 0 saturated carbocycles. The Labute approximate surface area is 157 Å². The van der Waals surface area contributed by atoms with Gasteiger partial charge in [-0.1, -0.05) is 6.07 Å². The fourth-order valence-electron chi connectivity index (χ4n) is 2.99. The quantitative estimate of drug-likeness (QED) is 0.845. The Kier molecular flexibility index (Phi) is 6.35. The van der Waals surface area contributed by atoms with E-state index in [1.165, 1.54) is 24.3 Å². The van der Waals surface area contributed by atoms with Crippen molar-refractivity contribution in [1.82, 2.24) is 15.2 Å². The summed E-state index contributed by atoms with van der Waals surface area (Å²) in [6, 6.07) is 9.29. The van der Waals surface area contributed by atoms with E-state index in [9.17, 15) is 14.0 Å². The molecule has 7 heteroatoms. The number of halogens is 1. The predicted molar refractivity (Wildman–Crippen MR) is 97.3 cm³/mol. The number of carbonyl (C=O) groups excluding carboxylic acids is 2. The van der Waals surface area contributed by atoms with Crippen LogP contribution in [0.3, 0.4) is 0 Å². The van der Waals surface area contributed by atoms with Crippen LogP contribution in [0.25, 0.3) is 0 Å². The molecule has 2 aromatic rings. The van der Waals surface area contributed by atoms with Crippen molar-refractivity contribution in [3.63, 3.8) is 0 Å². The Morgan fingerprint density at radius 1 is 1.19 bits per heavy atom. The van der Waals surface area contributed by atoms with Gasteiger partial charge in [0, 0.05) is 37.9 Å². The number of aromatic nitrogens is 1. The molecule has 3 rings (SSSR count). The summed E-state index contributed by atoms with van der Waals surface area (Å²) in [4.78, 5) is 30.3. The molecule has 2 heterocycles. The Bertz CT molecular complexity index is 760. The van der Waals surface area contributed by atoms with Crippen LogP contribution in [-0.2, 0) is 16.1 Å². The number of rotatable bonds is 6. The van der Waals surface area contributed by atoms with Gasteiger partial charge in [-0.2, -0.15) is 0 Å². The molecule has 0 aliphatic carbocycles. The van der Waals surface area contributed by atoms with Crippen LogP contribution in [0.2, 0.25) is 0 Å². The lowest BCUT2D eigenvalue weighted by atomic mass is 9.96. The van der Waals surface area contributed by atoms with Crippen molar-refractivity contribution in [2.75, 3.05) is 19.7 Å². The summed E-state index contributed by atoms with van der Waals surface area (Å²) in [5, 5.41) is 2.93. The molecule has 0 bridgehead atoms. The minimum atomic E-state index is -0.349. The minimum absolute atomic E-state index is 0.00788. The van der Waals surface area contributed by atoms with Gasteiger partial charge >= 0.3 is 0 Å². The fourth-order valence-corrected chi connectivity index (χ4v) is 2.99. The highest BCUT2D eigenvalue weighted by atomic mass is 19.1. The molecule has 1 aromatic carbocycles. The molecule has 142 valence electrons. The van der Waals surface area contributed by atoms with Crippen LogP contribution in [0.5, 0.6) is 5.75 Å². The van der Waals surface area contributed by atoms with Gasteiger partial charge in [-0.25, -0.2) is 4.39 Å². The number of nitrogens with one attached hydrogen (secondary N) is 1. The van der Waals surface area contributed by atoms with Crippen LogP contribution in [0.15, 0.2) is 48.8 Å². The number of ether oxygens (including phenoxy) is 1. The van der Waals surface area contributed by atoms with Gasteiger partial charge in [0.05, 0.1) is 0 Å². The predicted octanol–water partition coefficient (Wildman–Crippen LogP) is 2.15. The van der Waals surface area contributed by atoms with Gasteiger partial charge in [-0.05, 0) is 48.7 Å². The van der Waals surface area contributed by atoms with Crippen LogP contribution in [0.4, 0.5) is 4.39 Å². The first-order valence-corrected chi connectivity index (χ1v) is 8.94. The minimum Gasteiger partial charge on any atom is -0.484 e. The van der Waals surface area contributed by atoms with Gasteiger partial charge in [-0.3, -0.25) is 14.6 Å². The molecular formula is C20H22FN3O3. The maximum absolute atomic E-state index is 12.9. The first kappa shape index (κ1) is 18.8. The second-order valence-corrected chi connectivity index (χ2v) is 6.48. The van der Waals surface area contributed by atoms with E-state index in [1.807, 2.05) is 12.1 Å². The molecule has 1 aromatic heterocycles. The van der Waals surface area contributed by atoms with Crippen molar-refractivity contribution in [2.24, 2.45) is 5.92 Å². The molecule has 27 heavy (non-hydrogen) atoms. The summed E-state index contributed by atoms with van der Waals surface area (Å²) >= 11 is 0. The van der Waals surface area contributed by atoms with E-state index in [0.29, 0.717) is 38.2 Å². The van der Waals surface area contributed by atoms with Crippen LogP contribution in [-0.4, -0.2) is 41.4 Å². The normalized spacial score (nSPS) is 14.6. The van der Waals surface area contributed by atoms with Crippen molar-refractivity contribution in [3.8, 4) is 5.75 Å². The number of pyridine rings is 1. The Hall–Kier alpha value is -2.96. The molecule has 1 aliphatic rings. The summed E-state index contributed by atoms with van der Waals surface area (Å²) < 4.78 is 18.3. The highest BCUT2D eigenvalue weighted by Crippen LogP contribution is 2.18. The molecule has 6 nitrogen and oxygen atoms in total. The lowest BCUT2D eigenvalue weighted by molar-refractivity contribution is -0.137.